The van der Waals surface area contributed by atoms with Crippen LogP contribution in [-0.2, 0) is 10.0 Å². The largest absolute Gasteiger partial charge is 0.392 e. The summed E-state index contributed by atoms with van der Waals surface area (Å²) >= 11 is 4.56. The predicted molar refractivity (Wildman–Crippen MR) is 59.6 cm³/mol. The number of hydrogen-bond donors (Lipinski definition) is 2. The molecule has 1 aliphatic rings. The highest BCUT2D eigenvalue weighted by molar-refractivity contribution is 7.92. The van der Waals surface area contributed by atoms with Crippen LogP contribution in [0.5, 0.6) is 0 Å². The van der Waals surface area contributed by atoms with Crippen LogP contribution in [0.15, 0.2) is 0 Å². The third-order valence-electron chi connectivity index (χ3n) is 2.07. The first-order valence-electron chi connectivity index (χ1n) is 4.36. The Morgan fingerprint density at radius 1 is 1.71 bits per heavy atom. The molecule has 1 saturated heterocycles. The summed E-state index contributed by atoms with van der Waals surface area (Å²) in [6.07, 6.45) is 0.840. The molecule has 14 heavy (non-hydrogen) atoms. The van der Waals surface area contributed by atoms with Crippen LogP contribution >= 0.6 is 12.2 Å². The number of thiocarbonyl (C=S) groups is 1. The minimum absolute atomic E-state index is 0.000602. The van der Waals surface area contributed by atoms with Gasteiger partial charge in [-0.25, -0.2) is 13.1 Å². The molecular formula is C7H15N3O2S2. The van der Waals surface area contributed by atoms with Crippen molar-refractivity contribution in [1.29, 1.82) is 0 Å². The van der Waals surface area contributed by atoms with E-state index in [1.165, 1.54) is 0 Å². The summed E-state index contributed by atoms with van der Waals surface area (Å²) < 4.78 is 25.4. The Morgan fingerprint density at radius 3 is 2.79 bits per heavy atom. The fourth-order valence-corrected chi connectivity index (χ4v) is 3.14. The van der Waals surface area contributed by atoms with Crippen LogP contribution in [0.3, 0.4) is 0 Å². The van der Waals surface area contributed by atoms with Crippen molar-refractivity contribution in [2.45, 2.75) is 12.5 Å². The molecule has 0 aliphatic carbocycles. The second-order valence-corrected chi connectivity index (χ2v) is 5.87. The van der Waals surface area contributed by atoms with Crippen LogP contribution in [0.2, 0.25) is 0 Å². The van der Waals surface area contributed by atoms with E-state index in [1.807, 2.05) is 7.05 Å². The highest BCUT2D eigenvalue weighted by Gasteiger charge is 2.24. The molecule has 0 aromatic rings. The molecule has 0 aromatic carbocycles. The van der Waals surface area contributed by atoms with Gasteiger partial charge in [-0.1, -0.05) is 12.2 Å². The molecule has 7 heteroatoms. The number of likely N-dealkylation sites (tertiary alicyclic amines) is 1. The summed E-state index contributed by atoms with van der Waals surface area (Å²) in [6.45, 7) is 1.66. The Labute approximate surface area is 89.7 Å². The molecule has 0 saturated carbocycles. The second kappa shape index (κ2) is 4.52. The lowest BCUT2D eigenvalue weighted by molar-refractivity contribution is 0.407. The molecule has 1 fully saturated rings. The molecule has 1 unspecified atom stereocenters. The van der Waals surface area contributed by atoms with Crippen LogP contribution in [0.4, 0.5) is 0 Å². The molecule has 0 bridgehead atoms. The lowest BCUT2D eigenvalue weighted by Crippen LogP contribution is -2.40. The minimum Gasteiger partial charge on any atom is -0.392 e. The van der Waals surface area contributed by atoms with Crippen molar-refractivity contribution < 1.29 is 8.42 Å². The van der Waals surface area contributed by atoms with Gasteiger partial charge in [0.2, 0.25) is 10.0 Å². The van der Waals surface area contributed by atoms with Crippen LogP contribution in [0, 0.1) is 0 Å². The minimum atomic E-state index is -3.33. The molecule has 0 aromatic heterocycles. The molecule has 1 aliphatic heterocycles. The van der Waals surface area contributed by atoms with Gasteiger partial charge in [0.15, 0.2) is 0 Å². The summed E-state index contributed by atoms with van der Waals surface area (Å²) in [5.74, 6) is -0.261. The Morgan fingerprint density at radius 2 is 2.36 bits per heavy atom. The lowest BCUT2D eigenvalue weighted by Gasteiger charge is -2.12. The SMILES string of the molecule is CN1CCC(NS(=O)(=O)CC(N)=S)C1. The normalized spacial score (nSPS) is 23.9. The first-order valence-corrected chi connectivity index (χ1v) is 6.42. The summed E-state index contributed by atoms with van der Waals surface area (Å²) in [5.41, 5.74) is 5.18. The van der Waals surface area contributed by atoms with Gasteiger partial charge in [0.05, 0.1) is 4.99 Å². The zero-order valence-electron chi connectivity index (χ0n) is 8.06. The maximum atomic E-state index is 11.4. The maximum Gasteiger partial charge on any atom is 0.218 e. The number of likely N-dealkylation sites (N-methyl/N-ethyl adjacent to an activating group) is 1. The molecule has 5 nitrogen and oxygen atoms in total. The Hall–Kier alpha value is -0.240. The molecule has 0 spiro atoms. The number of hydrogen-bond acceptors (Lipinski definition) is 4. The summed E-state index contributed by atoms with van der Waals surface area (Å²) in [4.78, 5) is 2.08. The van der Waals surface area contributed by atoms with Gasteiger partial charge in [0.25, 0.3) is 0 Å². The van der Waals surface area contributed by atoms with E-state index in [0.717, 1.165) is 19.5 Å². The van der Waals surface area contributed by atoms with Crippen molar-refractivity contribution in [3.8, 4) is 0 Å². The van der Waals surface area contributed by atoms with E-state index < -0.39 is 10.0 Å². The van der Waals surface area contributed by atoms with E-state index >= 15 is 0 Å². The van der Waals surface area contributed by atoms with Gasteiger partial charge < -0.3 is 10.6 Å². The average Bonchev–Trinajstić information content (AvgIpc) is 2.30. The van der Waals surface area contributed by atoms with Crippen LogP contribution in [-0.4, -0.2) is 50.2 Å². The number of sulfonamides is 1. The van der Waals surface area contributed by atoms with E-state index in [9.17, 15) is 8.42 Å². The standard InChI is InChI=1S/C7H15N3O2S2/c1-10-3-2-6(4-10)9-14(11,12)5-7(8)13/h6,9H,2-5H2,1H3,(H2,8,13). The van der Waals surface area contributed by atoms with Crippen molar-refractivity contribution in [1.82, 2.24) is 9.62 Å². The van der Waals surface area contributed by atoms with Crippen LogP contribution < -0.4 is 10.5 Å². The van der Waals surface area contributed by atoms with Crippen molar-refractivity contribution in [3.05, 3.63) is 0 Å². The quantitative estimate of drug-likeness (QED) is 0.607. The fourth-order valence-electron chi connectivity index (χ4n) is 1.51. The van der Waals surface area contributed by atoms with Crippen molar-refractivity contribution in [2.75, 3.05) is 25.9 Å². The number of nitrogens with zero attached hydrogens (tertiary/aromatic N) is 1. The highest BCUT2D eigenvalue weighted by atomic mass is 32.2. The molecule has 82 valence electrons. The van der Waals surface area contributed by atoms with Crippen LogP contribution in [0.25, 0.3) is 0 Å². The lowest BCUT2D eigenvalue weighted by atomic mass is 10.3. The maximum absolute atomic E-state index is 11.4. The van der Waals surface area contributed by atoms with Gasteiger partial charge >= 0.3 is 0 Å². The van der Waals surface area contributed by atoms with Gasteiger partial charge in [-0.2, -0.15) is 0 Å². The third kappa shape index (κ3) is 3.87. The van der Waals surface area contributed by atoms with E-state index in [-0.39, 0.29) is 16.8 Å². The summed E-state index contributed by atoms with van der Waals surface area (Å²) in [5, 5.41) is 0. The Balaban J connectivity index is 2.47. The van der Waals surface area contributed by atoms with Crippen LogP contribution in [0.1, 0.15) is 6.42 Å². The Kier molecular flexibility index (Phi) is 3.82. The van der Waals surface area contributed by atoms with Crippen molar-refractivity contribution in [3.63, 3.8) is 0 Å². The number of nitrogens with two attached hydrogens (primary N) is 1. The van der Waals surface area contributed by atoms with E-state index in [4.69, 9.17) is 5.73 Å². The van der Waals surface area contributed by atoms with E-state index in [0.29, 0.717) is 0 Å². The average molecular weight is 237 g/mol. The molecule has 1 heterocycles. The first kappa shape index (κ1) is 11.8. The molecule has 0 radical (unpaired) electrons. The number of nitrogens with one attached hydrogen (secondary N) is 1. The zero-order valence-corrected chi connectivity index (χ0v) is 9.70. The fraction of sp³-hybridized carbons (Fsp3) is 0.857. The molecule has 0 amide bonds. The van der Waals surface area contributed by atoms with E-state index in [2.05, 4.69) is 21.8 Å². The Bertz CT molecular complexity index is 315. The topological polar surface area (TPSA) is 75.4 Å². The summed E-state index contributed by atoms with van der Waals surface area (Å²) in [6, 6.07) is -0.000602. The predicted octanol–water partition coefficient (Wildman–Crippen LogP) is -1.10. The van der Waals surface area contributed by atoms with E-state index in [1.54, 1.807) is 0 Å². The first-order chi connectivity index (χ1) is 6.39. The van der Waals surface area contributed by atoms with Gasteiger partial charge in [-0.15, -0.1) is 0 Å². The zero-order chi connectivity index (χ0) is 10.8. The monoisotopic (exact) mass is 237 g/mol. The van der Waals surface area contributed by atoms with Crippen molar-refractivity contribution in [2.24, 2.45) is 5.73 Å². The van der Waals surface area contributed by atoms with Gasteiger partial charge in [-0.05, 0) is 20.0 Å². The molecule has 1 atom stereocenters. The number of rotatable bonds is 4. The third-order valence-corrected chi connectivity index (χ3v) is 3.78. The summed E-state index contributed by atoms with van der Waals surface area (Å²) in [7, 11) is -1.37. The smallest absolute Gasteiger partial charge is 0.218 e. The van der Waals surface area contributed by atoms with Gasteiger partial charge in [0, 0.05) is 12.6 Å². The van der Waals surface area contributed by atoms with Gasteiger partial charge in [0.1, 0.15) is 5.75 Å². The molecule has 1 rings (SSSR count). The molecular weight excluding hydrogens is 222 g/mol. The van der Waals surface area contributed by atoms with Gasteiger partial charge in [-0.3, -0.25) is 0 Å². The molecule has 3 N–H and O–H groups in total. The second-order valence-electron chi connectivity index (χ2n) is 3.59. The highest BCUT2D eigenvalue weighted by Crippen LogP contribution is 2.07. The van der Waals surface area contributed by atoms with Crippen molar-refractivity contribution >= 4 is 27.2 Å².